The highest BCUT2D eigenvalue weighted by Crippen LogP contribution is 2.26. The molecule has 0 heterocycles. The minimum absolute atomic E-state index is 0.587. The van der Waals surface area contributed by atoms with Gasteiger partial charge in [-0.05, 0) is 46.4 Å². The first-order chi connectivity index (χ1) is 9.63. The molecule has 0 N–H and O–H groups in total. The number of hydrogen-bond acceptors (Lipinski definition) is 0. The molecule has 3 aromatic carbocycles. The van der Waals surface area contributed by atoms with E-state index in [9.17, 15) is 0 Å². The quantitative estimate of drug-likeness (QED) is 0.535. The predicted molar refractivity (Wildman–Crippen MR) is 88.2 cm³/mol. The summed E-state index contributed by atoms with van der Waals surface area (Å²) in [6, 6.07) is 22.2. The van der Waals surface area contributed by atoms with Gasteiger partial charge in [0, 0.05) is 0 Å². The molecule has 0 aliphatic rings. The van der Waals surface area contributed by atoms with Crippen molar-refractivity contribution in [2.45, 2.75) is 26.7 Å². The van der Waals surface area contributed by atoms with Crippen molar-refractivity contribution in [1.29, 1.82) is 0 Å². The molecule has 0 nitrogen and oxygen atoms in total. The molecule has 0 spiro atoms. The fraction of sp³-hybridized carbons (Fsp3) is 0.200. The summed E-state index contributed by atoms with van der Waals surface area (Å²) in [6.07, 6.45) is 0. The van der Waals surface area contributed by atoms with Crippen molar-refractivity contribution < 1.29 is 0 Å². The van der Waals surface area contributed by atoms with Crippen molar-refractivity contribution in [1.82, 2.24) is 0 Å². The zero-order valence-electron chi connectivity index (χ0n) is 12.4. The maximum atomic E-state index is 2.28. The van der Waals surface area contributed by atoms with Gasteiger partial charge in [-0.15, -0.1) is 0 Å². The van der Waals surface area contributed by atoms with Gasteiger partial charge in [0.15, 0.2) is 0 Å². The summed E-state index contributed by atoms with van der Waals surface area (Å²) in [5, 5.41) is 2.62. The van der Waals surface area contributed by atoms with Gasteiger partial charge in [-0.3, -0.25) is 0 Å². The van der Waals surface area contributed by atoms with Crippen LogP contribution in [0, 0.1) is 6.92 Å². The van der Waals surface area contributed by atoms with Crippen LogP contribution < -0.4 is 0 Å². The molecular weight excluding hydrogens is 240 g/mol. The van der Waals surface area contributed by atoms with E-state index in [1.165, 1.54) is 33.0 Å². The topological polar surface area (TPSA) is 0 Å². The van der Waals surface area contributed by atoms with Crippen LogP contribution in [-0.4, -0.2) is 0 Å². The number of benzene rings is 3. The van der Waals surface area contributed by atoms with Crippen LogP contribution in [0.1, 0.15) is 30.9 Å². The summed E-state index contributed by atoms with van der Waals surface area (Å²) in [5.74, 6) is 0.587. The van der Waals surface area contributed by atoms with E-state index in [0.717, 1.165) is 0 Å². The summed E-state index contributed by atoms with van der Waals surface area (Å²) in [6.45, 7) is 6.60. The molecule has 0 bridgehead atoms. The Morgan fingerprint density at radius 1 is 0.650 bits per heavy atom. The number of aryl methyl sites for hydroxylation is 1. The van der Waals surface area contributed by atoms with Crippen molar-refractivity contribution in [2.75, 3.05) is 0 Å². The SMILES string of the molecule is Cc1ccc2cc(-c3ccc(C(C)C)cc3)ccc2c1. The molecule has 0 fully saturated rings. The van der Waals surface area contributed by atoms with Crippen LogP contribution in [0.5, 0.6) is 0 Å². The van der Waals surface area contributed by atoms with E-state index in [-0.39, 0.29) is 0 Å². The number of fused-ring (bicyclic) bond motifs is 1. The first-order valence-electron chi connectivity index (χ1n) is 7.24. The van der Waals surface area contributed by atoms with Gasteiger partial charge in [-0.1, -0.05) is 74.0 Å². The molecule has 0 aliphatic carbocycles. The van der Waals surface area contributed by atoms with E-state index in [4.69, 9.17) is 0 Å². The van der Waals surface area contributed by atoms with Crippen LogP contribution in [0.3, 0.4) is 0 Å². The third-order valence-electron chi connectivity index (χ3n) is 3.91. The Balaban J connectivity index is 2.03. The zero-order chi connectivity index (χ0) is 14.1. The molecule has 0 saturated heterocycles. The Hall–Kier alpha value is -2.08. The molecule has 0 atom stereocenters. The second-order valence-electron chi connectivity index (χ2n) is 5.84. The monoisotopic (exact) mass is 260 g/mol. The fourth-order valence-corrected chi connectivity index (χ4v) is 2.61. The van der Waals surface area contributed by atoms with Gasteiger partial charge in [-0.25, -0.2) is 0 Å². The summed E-state index contributed by atoms with van der Waals surface area (Å²) in [4.78, 5) is 0. The number of hydrogen-bond donors (Lipinski definition) is 0. The van der Waals surface area contributed by atoms with E-state index in [1.54, 1.807) is 0 Å². The lowest BCUT2D eigenvalue weighted by Crippen LogP contribution is -1.87. The van der Waals surface area contributed by atoms with E-state index >= 15 is 0 Å². The average Bonchev–Trinajstić information content (AvgIpc) is 2.47. The number of rotatable bonds is 2. The van der Waals surface area contributed by atoms with Gasteiger partial charge < -0.3 is 0 Å². The van der Waals surface area contributed by atoms with Gasteiger partial charge >= 0.3 is 0 Å². The van der Waals surface area contributed by atoms with Gasteiger partial charge in [0.05, 0.1) is 0 Å². The van der Waals surface area contributed by atoms with Crippen molar-refractivity contribution >= 4 is 10.8 Å². The molecule has 0 heteroatoms. The Kier molecular flexibility index (Phi) is 3.31. The van der Waals surface area contributed by atoms with Crippen LogP contribution in [-0.2, 0) is 0 Å². The fourth-order valence-electron chi connectivity index (χ4n) is 2.61. The molecular formula is C20H20. The van der Waals surface area contributed by atoms with Crippen LogP contribution in [0.25, 0.3) is 21.9 Å². The average molecular weight is 260 g/mol. The molecule has 0 saturated carbocycles. The summed E-state index contributed by atoms with van der Waals surface area (Å²) >= 11 is 0. The third kappa shape index (κ3) is 2.46. The standard InChI is InChI=1S/C20H20/c1-14(2)16-6-8-17(9-7-16)19-11-10-18-12-15(3)4-5-20(18)13-19/h4-14H,1-3H3. The minimum atomic E-state index is 0.587. The Morgan fingerprint density at radius 3 is 1.95 bits per heavy atom. The summed E-state index contributed by atoms with van der Waals surface area (Å²) < 4.78 is 0. The van der Waals surface area contributed by atoms with Crippen LogP contribution in [0.2, 0.25) is 0 Å². The van der Waals surface area contributed by atoms with E-state index in [2.05, 4.69) is 81.4 Å². The predicted octanol–water partition coefficient (Wildman–Crippen LogP) is 5.94. The van der Waals surface area contributed by atoms with Gasteiger partial charge in [0.25, 0.3) is 0 Å². The van der Waals surface area contributed by atoms with Crippen LogP contribution >= 0.6 is 0 Å². The van der Waals surface area contributed by atoms with Gasteiger partial charge in [0.1, 0.15) is 0 Å². The molecule has 0 amide bonds. The summed E-state index contributed by atoms with van der Waals surface area (Å²) in [5.41, 5.74) is 5.28. The molecule has 20 heavy (non-hydrogen) atoms. The van der Waals surface area contributed by atoms with Crippen molar-refractivity contribution in [3.8, 4) is 11.1 Å². The Morgan fingerprint density at radius 2 is 1.25 bits per heavy atom. The molecule has 3 rings (SSSR count). The summed E-state index contributed by atoms with van der Waals surface area (Å²) in [7, 11) is 0. The lowest BCUT2D eigenvalue weighted by molar-refractivity contribution is 0.867. The lowest BCUT2D eigenvalue weighted by Gasteiger charge is -2.08. The molecule has 100 valence electrons. The minimum Gasteiger partial charge on any atom is -0.0587 e. The highest BCUT2D eigenvalue weighted by Gasteiger charge is 2.02. The second-order valence-corrected chi connectivity index (χ2v) is 5.84. The van der Waals surface area contributed by atoms with E-state index in [1.807, 2.05) is 0 Å². The maximum Gasteiger partial charge on any atom is -0.0178 e. The zero-order valence-corrected chi connectivity index (χ0v) is 12.4. The second kappa shape index (κ2) is 5.13. The molecule has 0 unspecified atom stereocenters. The molecule has 0 radical (unpaired) electrons. The highest BCUT2D eigenvalue weighted by atomic mass is 14.1. The highest BCUT2D eigenvalue weighted by molar-refractivity contribution is 5.87. The normalized spacial score (nSPS) is 11.2. The van der Waals surface area contributed by atoms with Crippen molar-refractivity contribution in [3.63, 3.8) is 0 Å². The van der Waals surface area contributed by atoms with Crippen LogP contribution in [0.15, 0.2) is 60.7 Å². The van der Waals surface area contributed by atoms with Crippen molar-refractivity contribution in [2.24, 2.45) is 0 Å². The van der Waals surface area contributed by atoms with Crippen molar-refractivity contribution in [3.05, 3.63) is 71.8 Å². The lowest BCUT2D eigenvalue weighted by atomic mass is 9.97. The smallest absolute Gasteiger partial charge is 0.0178 e. The third-order valence-corrected chi connectivity index (χ3v) is 3.91. The Labute approximate surface area is 121 Å². The van der Waals surface area contributed by atoms with Gasteiger partial charge in [-0.2, -0.15) is 0 Å². The van der Waals surface area contributed by atoms with Crippen LogP contribution in [0.4, 0.5) is 0 Å². The molecule has 3 aromatic rings. The maximum absolute atomic E-state index is 2.28. The van der Waals surface area contributed by atoms with Gasteiger partial charge in [0.2, 0.25) is 0 Å². The molecule has 0 aliphatic heterocycles. The van der Waals surface area contributed by atoms with E-state index in [0.29, 0.717) is 5.92 Å². The van der Waals surface area contributed by atoms with E-state index < -0.39 is 0 Å². The largest absolute Gasteiger partial charge is 0.0587 e. The first kappa shape index (κ1) is 12.9. The Bertz CT molecular complexity index is 734. The molecule has 0 aromatic heterocycles. The first-order valence-corrected chi connectivity index (χ1v) is 7.24.